The summed E-state index contributed by atoms with van der Waals surface area (Å²) in [6.07, 6.45) is 5.32. The molecule has 0 saturated carbocycles. The molecule has 0 unspecified atom stereocenters. The Morgan fingerprint density at radius 1 is 1.03 bits per heavy atom. The van der Waals surface area contributed by atoms with Crippen LogP contribution in [0.2, 0.25) is 0 Å². The number of benzene rings is 2. The zero-order valence-electron chi connectivity index (χ0n) is 22.0. The number of non-ortho nitro benzene ring substituents is 1. The molecule has 0 radical (unpaired) electrons. The highest BCUT2D eigenvalue weighted by atomic mass is 19.1. The fraction of sp³-hybridized carbons (Fsp3) is 0.414. The van der Waals surface area contributed by atoms with Crippen molar-refractivity contribution in [1.82, 2.24) is 14.7 Å². The highest BCUT2D eigenvalue weighted by Gasteiger charge is 2.30. The zero-order valence-corrected chi connectivity index (χ0v) is 22.0. The summed E-state index contributed by atoms with van der Waals surface area (Å²) in [5.74, 6) is 0.00939. The van der Waals surface area contributed by atoms with Gasteiger partial charge in [0, 0.05) is 60.6 Å². The molecule has 1 saturated heterocycles. The number of carbonyl (C=O) groups excluding carboxylic acids is 2. The molecule has 1 aliphatic heterocycles. The van der Waals surface area contributed by atoms with Crippen LogP contribution in [0.3, 0.4) is 0 Å². The van der Waals surface area contributed by atoms with Crippen LogP contribution in [0.1, 0.15) is 57.7 Å². The normalized spacial score (nSPS) is 16.1. The van der Waals surface area contributed by atoms with Crippen molar-refractivity contribution in [3.63, 3.8) is 0 Å². The lowest BCUT2D eigenvalue weighted by molar-refractivity contribution is -0.384. The minimum Gasteiger partial charge on any atom is -0.302 e. The van der Waals surface area contributed by atoms with E-state index in [1.54, 1.807) is 17.0 Å². The SMILES string of the molecule is Cn1nc(N(CCN2CCC(C(=O)c3ccc(F)cc3)CC2)C(=O)c2ccc([N+](=O)[O-])cc2)c2c1CCCC2. The smallest absolute Gasteiger partial charge is 0.269 e. The van der Waals surface area contributed by atoms with Gasteiger partial charge in [-0.05, 0) is 88.0 Å². The van der Waals surface area contributed by atoms with Crippen molar-refractivity contribution in [1.29, 1.82) is 0 Å². The largest absolute Gasteiger partial charge is 0.302 e. The Kier molecular flexibility index (Phi) is 7.83. The molecular formula is C29H32FN5O4. The molecule has 39 heavy (non-hydrogen) atoms. The second kappa shape index (κ2) is 11.4. The Balaban J connectivity index is 1.30. The predicted octanol–water partition coefficient (Wildman–Crippen LogP) is 4.59. The fourth-order valence-corrected chi connectivity index (χ4v) is 5.66. The maximum atomic E-state index is 13.7. The van der Waals surface area contributed by atoms with E-state index in [2.05, 4.69) is 4.90 Å². The minimum absolute atomic E-state index is 0.0461. The van der Waals surface area contributed by atoms with E-state index in [0.717, 1.165) is 50.0 Å². The molecule has 0 atom stereocenters. The van der Waals surface area contributed by atoms with Crippen molar-refractivity contribution in [3.05, 3.63) is 86.8 Å². The highest BCUT2D eigenvalue weighted by molar-refractivity contribution is 6.06. The summed E-state index contributed by atoms with van der Waals surface area (Å²) in [5, 5.41) is 15.8. The van der Waals surface area contributed by atoms with E-state index in [-0.39, 0.29) is 29.1 Å². The first-order valence-corrected chi connectivity index (χ1v) is 13.4. The molecule has 2 aromatic carbocycles. The van der Waals surface area contributed by atoms with Gasteiger partial charge in [-0.2, -0.15) is 5.10 Å². The van der Waals surface area contributed by atoms with E-state index in [9.17, 15) is 24.1 Å². The molecule has 2 heterocycles. The number of amides is 1. The van der Waals surface area contributed by atoms with Gasteiger partial charge in [-0.25, -0.2) is 4.39 Å². The highest BCUT2D eigenvalue weighted by Crippen LogP contribution is 2.31. The number of nitro groups is 1. The van der Waals surface area contributed by atoms with Crippen LogP contribution in [0.25, 0.3) is 0 Å². The van der Waals surface area contributed by atoms with Crippen LogP contribution in [-0.4, -0.2) is 57.5 Å². The summed E-state index contributed by atoms with van der Waals surface area (Å²) in [6.45, 7) is 2.46. The molecule has 1 amide bonds. The number of aryl methyl sites for hydroxylation is 1. The molecule has 5 rings (SSSR count). The standard InChI is InChI=1S/C29H32FN5O4/c1-32-26-5-3-2-4-25(26)28(31-32)34(29(37)22-8-12-24(13-9-22)35(38)39)19-18-33-16-14-21(15-17-33)27(36)20-6-10-23(30)11-7-20/h6-13,21H,2-5,14-19H2,1H3. The van der Waals surface area contributed by atoms with Gasteiger partial charge in [0.25, 0.3) is 11.6 Å². The number of Topliss-reactive ketones (excluding diaryl/α,β-unsaturated/α-hetero) is 1. The number of fused-ring (bicyclic) bond motifs is 1. The van der Waals surface area contributed by atoms with E-state index in [1.807, 2.05) is 11.7 Å². The van der Waals surface area contributed by atoms with Gasteiger partial charge in [0.05, 0.1) is 4.92 Å². The van der Waals surface area contributed by atoms with Gasteiger partial charge in [-0.3, -0.25) is 29.3 Å². The number of rotatable bonds is 8. The van der Waals surface area contributed by atoms with Crippen molar-refractivity contribution in [3.8, 4) is 0 Å². The second-order valence-corrected chi connectivity index (χ2v) is 10.3. The summed E-state index contributed by atoms with van der Waals surface area (Å²) < 4.78 is 15.1. The van der Waals surface area contributed by atoms with Gasteiger partial charge in [-0.15, -0.1) is 0 Å². The number of anilines is 1. The topological polar surface area (TPSA) is 102 Å². The van der Waals surface area contributed by atoms with Gasteiger partial charge in [0.1, 0.15) is 5.82 Å². The molecule has 204 valence electrons. The summed E-state index contributed by atoms with van der Waals surface area (Å²) in [7, 11) is 1.91. The molecule has 2 aliphatic rings. The number of carbonyl (C=O) groups is 2. The predicted molar refractivity (Wildman–Crippen MR) is 145 cm³/mol. The molecular weight excluding hydrogens is 501 g/mol. The number of hydrogen-bond donors (Lipinski definition) is 0. The molecule has 1 aliphatic carbocycles. The number of hydrogen-bond acceptors (Lipinski definition) is 6. The van der Waals surface area contributed by atoms with Crippen LogP contribution in [0, 0.1) is 21.8 Å². The monoisotopic (exact) mass is 533 g/mol. The van der Waals surface area contributed by atoms with E-state index in [0.29, 0.717) is 42.9 Å². The van der Waals surface area contributed by atoms with Crippen molar-refractivity contribution in [2.75, 3.05) is 31.1 Å². The fourth-order valence-electron chi connectivity index (χ4n) is 5.66. The number of likely N-dealkylation sites (tertiary alicyclic amines) is 1. The Morgan fingerprint density at radius 3 is 2.33 bits per heavy atom. The van der Waals surface area contributed by atoms with Crippen LogP contribution in [0.15, 0.2) is 48.5 Å². The number of aromatic nitrogens is 2. The van der Waals surface area contributed by atoms with Gasteiger partial charge < -0.3 is 4.90 Å². The number of nitro benzene ring substituents is 1. The van der Waals surface area contributed by atoms with Crippen LogP contribution in [0.5, 0.6) is 0 Å². The van der Waals surface area contributed by atoms with Gasteiger partial charge in [0.15, 0.2) is 11.6 Å². The van der Waals surface area contributed by atoms with Crippen molar-refractivity contribution in [2.24, 2.45) is 13.0 Å². The molecule has 0 spiro atoms. The molecule has 0 bridgehead atoms. The molecule has 9 nitrogen and oxygen atoms in total. The van der Waals surface area contributed by atoms with E-state index < -0.39 is 4.92 Å². The lowest BCUT2D eigenvalue weighted by Gasteiger charge is -2.33. The second-order valence-electron chi connectivity index (χ2n) is 10.3. The van der Waals surface area contributed by atoms with E-state index in [1.165, 1.54) is 36.4 Å². The molecule has 3 aromatic rings. The van der Waals surface area contributed by atoms with Crippen LogP contribution >= 0.6 is 0 Å². The molecule has 1 aromatic heterocycles. The Morgan fingerprint density at radius 2 is 1.67 bits per heavy atom. The Labute approximate surface area is 226 Å². The lowest BCUT2D eigenvalue weighted by atomic mass is 9.89. The summed E-state index contributed by atoms with van der Waals surface area (Å²) in [5.41, 5.74) is 3.10. The summed E-state index contributed by atoms with van der Waals surface area (Å²) in [4.78, 5) is 41.2. The quantitative estimate of drug-likeness (QED) is 0.239. The van der Waals surface area contributed by atoms with Crippen molar-refractivity contribution >= 4 is 23.2 Å². The number of piperidine rings is 1. The lowest BCUT2D eigenvalue weighted by Crippen LogP contribution is -2.43. The summed E-state index contributed by atoms with van der Waals surface area (Å²) >= 11 is 0. The summed E-state index contributed by atoms with van der Waals surface area (Å²) in [6, 6.07) is 11.4. The van der Waals surface area contributed by atoms with Gasteiger partial charge in [-0.1, -0.05) is 0 Å². The third-order valence-corrected chi connectivity index (χ3v) is 7.90. The Hall–Kier alpha value is -3.92. The van der Waals surface area contributed by atoms with Gasteiger partial charge >= 0.3 is 0 Å². The zero-order chi connectivity index (χ0) is 27.5. The van der Waals surface area contributed by atoms with Crippen molar-refractivity contribution in [2.45, 2.75) is 38.5 Å². The first-order chi connectivity index (χ1) is 18.8. The van der Waals surface area contributed by atoms with E-state index in [4.69, 9.17) is 5.10 Å². The molecule has 0 N–H and O–H groups in total. The molecule has 10 heteroatoms. The first kappa shape index (κ1) is 26.7. The minimum atomic E-state index is -0.481. The Bertz CT molecular complexity index is 1360. The third kappa shape index (κ3) is 5.75. The van der Waals surface area contributed by atoms with E-state index >= 15 is 0 Å². The van der Waals surface area contributed by atoms with Crippen LogP contribution in [-0.2, 0) is 19.9 Å². The maximum Gasteiger partial charge on any atom is 0.269 e. The number of halogens is 1. The first-order valence-electron chi connectivity index (χ1n) is 13.4. The molecule has 1 fully saturated rings. The maximum absolute atomic E-state index is 13.7. The van der Waals surface area contributed by atoms with Crippen LogP contribution < -0.4 is 4.90 Å². The van der Waals surface area contributed by atoms with Crippen molar-refractivity contribution < 1.29 is 18.9 Å². The average Bonchev–Trinajstić information content (AvgIpc) is 3.29. The van der Waals surface area contributed by atoms with Crippen LogP contribution in [0.4, 0.5) is 15.9 Å². The number of ketones is 1. The number of nitrogens with zero attached hydrogens (tertiary/aromatic N) is 5. The van der Waals surface area contributed by atoms with Gasteiger partial charge in [0.2, 0.25) is 0 Å². The third-order valence-electron chi connectivity index (χ3n) is 7.90. The average molecular weight is 534 g/mol.